The van der Waals surface area contributed by atoms with Crippen molar-refractivity contribution in [3.05, 3.63) is 77.9 Å². The number of carbonyl (C=O) groups is 1. The Morgan fingerprint density at radius 3 is 2.53 bits per heavy atom. The summed E-state index contributed by atoms with van der Waals surface area (Å²) in [6, 6.07) is 20.9. The summed E-state index contributed by atoms with van der Waals surface area (Å²) in [4.78, 5) is 17.3. The third-order valence-corrected chi connectivity index (χ3v) is 5.45. The average Bonchev–Trinajstić information content (AvgIpc) is 3.22. The predicted octanol–water partition coefficient (Wildman–Crippen LogP) is 7.05. The fraction of sp³-hybridized carbons (Fsp3) is 0.259. The molecule has 1 unspecified atom stereocenters. The number of carbonyl (C=O) groups excluding carboxylic acids is 1. The highest BCUT2D eigenvalue weighted by atomic mass is 16.5. The van der Waals surface area contributed by atoms with E-state index in [4.69, 9.17) is 9.15 Å². The molecule has 0 aliphatic heterocycles. The molecule has 0 aliphatic carbocycles. The van der Waals surface area contributed by atoms with Crippen LogP contribution in [0.4, 0.5) is 5.69 Å². The second kappa shape index (κ2) is 9.27. The van der Waals surface area contributed by atoms with E-state index in [1.165, 1.54) is 5.56 Å². The van der Waals surface area contributed by atoms with Gasteiger partial charge in [-0.2, -0.15) is 0 Å². The second-order valence-corrected chi connectivity index (χ2v) is 8.28. The lowest BCUT2D eigenvalue weighted by molar-refractivity contribution is 0.102. The Balaban J connectivity index is 1.49. The summed E-state index contributed by atoms with van der Waals surface area (Å²) >= 11 is 0. The number of hydrogen-bond acceptors (Lipinski definition) is 4. The first-order chi connectivity index (χ1) is 15.4. The number of nitrogens with zero attached hydrogens (tertiary/aromatic N) is 1. The number of ether oxygens (including phenoxy) is 1. The Kier molecular flexibility index (Phi) is 6.26. The lowest BCUT2D eigenvalue weighted by atomic mass is 9.98. The first-order valence-electron chi connectivity index (χ1n) is 11.0. The van der Waals surface area contributed by atoms with Crippen LogP contribution in [0.25, 0.3) is 22.6 Å². The summed E-state index contributed by atoms with van der Waals surface area (Å²) in [7, 11) is 0. The molecule has 0 saturated heterocycles. The fourth-order valence-corrected chi connectivity index (χ4v) is 3.49. The van der Waals surface area contributed by atoms with Crippen molar-refractivity contribution in [1.29, 1.82) is 0 Å². The Bertz CT molecular complexity index is 1230. The third kappa shape index (κ3) is 4.83. The molecule has 1 amide bonds. The summed E-state index contributed by atoms with van der Waals surface area (Å²) in [5.41, 5.74) is 5.00. The molecule has 0 aliphatic rings. The van der Waals surface area contributed by atoms with E-state index >= 15 is 0 Å². The van der Waals surface area contributed by atoms with Crippen molar-refractivity contribution in [2.24, 2.45) is 0 Å². The van der Waals surface area contributed by atoms with Crippen LogP contribution in [0, 0.1) is 0 Å². The minimum atomic E-state index is -0.189. The molecule has 4 rings (SSSR count). The van der Waals surface area contributed by atoms with Crippen molar-refractivity contribution in [2.45, 2.75) is 46.1 Å². The highest BCUT2D eigenvalue weighted by molar-refractivity contribution is 6.04. The van der Waals surface area contributed by atoms with Crippen LogP contribution in [0.1, 0.15) is 56.0 Å². The molecule has 164 valence electrons. The molecule has 3 aromatic carbocycles. The topological polar surface area (TPSA) is 64.4 Å². The van der Waals surface area contributed by atoms with E-state index in [2.05, 4.69) is 36.3 Å². The monoisotopic (exact) mass is 428 g/mol. The molecular weight excluding hydrogens is 400 g/mol. The molecule has 1 N–H and O–H groups in total. The molecule has 0 bridgehead atoms. The Labute approximate surface area is 188 Å². The second-order valence-electron chi connectivity index (χ2n) is 8.28. The highest BCUT2D eigenvalue weighted by Gasteiger charge is 2.12. The van der Waals surface area contributed by atoms with Gasteiger partial charge in [0.05, 0.1) is 6.10 Å². The molecule has 1 atom stereocenters. The van der Waals surface area contributed by atoms with Crippen molar-refractivity contribution in [3.8, 4) is 17.2 Å². The Morgan fingerprint density at radius 1 is 1.03 bits per heavy atom. The van der Waals surface area contributed by atoms with Crippen LogP contribution in [0.15, 0.2) is 71.1 Å². The number of benzene rings is 3. The minimum Gasteiger partial charge on any atom is -0.491 e. The molecular formula is C27H28N2O3. The van der Waals surface area contributed by atoms with Crippen LogP contribution in [0.5, 0.6) is 5.75 Å². The van der Waals surface area contributed by atoms with Crippen LogP contribution >= 0.6 is 0 Å². The Hall–Kier alpha value is -3.60. The van der Waals surface area contributed by atoms with E-state index in [0.29, 0.717) is 28.8 Å². The van der Waals surface area contributed by atoms with Crippen LogP contribution in [0.3, 0.4) is 0 Å². The molecule has 1 aromatic heterocycles. The average molecular weight is 429 g/mol. The van der Waals surface area contributed by atoms with Crippen LogP contribution in [0.2, 0.25) is 0 Å². The summed E-state index contributed by atoms with van der Waals surface area (Å²) in [6.45, 7) is 8.30. The summed E-state index contributed by atoms with van der Waals surface area (Å²) in [5.74, 6) is 1.54. The molecule has 4 aromatic rings. The normalized spacial score (nSPS) is 12.2. The largest absolute Gasteiger partial charge is 0.491 e. The number of nitrogens with one attached hydrogen (secondary N) is 1. The van der Waals surface area contributed by atoms with Gasteiger partial charge in [0.1, 0.15) is 11.3 Å². The number of hydrogen-bond donors (Lipinski definition) is 1. The lowest BCUT2D eigenvalue weighted by Crippen LogP contribution is -2.12. The van der Waals surface area contributed by atoms with Gasteiger partial charge in [-0.25, -0.2) is 4.98 Å². The van der Waals surface area contributed by atoms with E-state index in [-0.39, 0.29) is 12.0 Å². The molecule has 0 saturated carbocycles. The molecule has 1 heterocycles. The van der Waals surface area contributed by atoms with Crippen molar-refractivity contribution >= 4 is 22.7 Å². The quantitative estimate of drug-likeness (QED) is 0.343. The number of amides is 1. The molecule has 32 heavy (non-hydrogen) atoms. The lowest BCUT2D eigenvalue weighted by Gasteiger charge is -2.11. The fourth-order valence-electron chi connectivity index (χ4n) is 3.49. The van der Waals surface area contributed by atoms with Gasteiger partial charge < -0.3 is 14.5 Å². The standard InChI is InChI=1S/C27H28N2O3/c1-5-18(4)20-11-14-25-24(16-20)29-27(32-25)19-9-12-22(13-10-19)28-26(30)21-7-6-8-23(15-21)31-17(2)3/h6-18H,5H2,1-4H3,(H,28,30). The maximum Gasteiger partial charge on any atom is 0.255 e. The SMILES string of the molecule is CCC(C)c1ccc2oc(-c3ccc(NC(=O)c4cccc(OC(C)C)c4)cc3)nc2c1. The van der Waals surface area contributed by atoms with E-state index in [1.54, 1.807) is 12.1 Å². The maximum atomic E-state index is 12.6. The van der Waals surface area contributed by atoms with Gasteiger partial charge in [0.25, 0.3) is 5.91 Å². The maximum absolute atomic E-state index is 12.6. The van der Waals surface area contributed by atoms with Gasteiger partial charge >= 0.3 is 0 Å². The van der Waals surface area contributed by atoms with Gasteiger partial charge in [-0.3, -0.25) is 4.79 Å². The van der Waals surface area contributed by atoms with E-state index in [1.807, 2.05) is 56.3 Å². The first-order valence-corrected chi connectivity index (χ1v) is 11.0. The summed E-state index contributed by atoms with van der Waals surface area (Å²) in [6.07, 6.45) is 1.13. The molecule has 0 fully saturated rings. The number of anilines is 1. The number of aromatic nitrogens is 1. The van der Waals surface area contributed by atoms with Crippen molar-refractivity contribution in [2.75, 3.05) is 5.32 Å². The van der Waals surface area contributed by atoms with Gasteiger partial charge in [0.15, 0.2) is 5.58 Å². The minimum absolute atomic E-state index is 0.0503. The zero-order valence-corrected chi connectivity index (χ0v) is 18.9. The van der Waals surface area contributed by atoms with Crippen molar-refractivity contribution in [3.63, 3.8) is 0 Å². The van der Waals surface area contributed by atoms with Crippen molar-refractivity contribution < 1.29 is 13.9 Å². The molecule has 5 heteroatoms. The zero-order chi connectivity index (χ0) is 22.7. The van der Waals surface area contributed by atoms with Gasteiger partial charge in [-0.05, 0) is 86.3 Å². The third-order valence-electron chi connectivity index (χ3n) is 5.45. The molecule has 0 spiro atoms. The van der Waals surface area contributed by atoms with E-state index < -0.39 is 0 Å². The number of rotatable bonds is 7. The van der Waals surface area contributed by atoms with E-state index in [9.17, 15) is 4.79 Å². The van der Waals surface area contributed by atoms with Crippen LogP contribution in [-0.4, -0.2) is 17.0 Å². The Morgan fingerprint density at radius 2 is 1.81 bits per heavy atom. The van der Waals surface area contributed by atoms with E-state index in [0.717, 1.165) is 23.1 Å². The summed E-state index contributed by atoms with van der Waals surface area (Å²) in [5, 5.41) is 2.92. The predicted molar refractivity (Wildman–Crippen MR) is 128 cm³/mol. The molecule has 0 radical (unpaired) electrons. The first kappa shape index (κ1) is 21.6. The molecule has 5 nitrogen and oxygen atoms in total. The van der Waals surface area contributed by atoms with Gasteiger partial charge in [-0.1, -0.05) is 26.0 Å². The van der Waals surface area contributed by atoms with Crippen LogP contribution < -0.4 is 10.1 Å². The smallest absolute Gasteiger partial charge is 0.255 e. The zero-order valence-electron chi connectivity index (χ0n) is 18.9. The van der Waals surface area contributed by atoms with Crippen molar-refractivity contribution in [1.82, 2.24) is 4.98 Å². The van der Waals surface area contributed by atoms with Gasteiger partial charge in [-0.15, -0.1) is 0 Å². The summed E-state index contributed by atoms with van der Waals surface area (Å²) < 4.78 is 11.6. The number of fused-ring (bicyclic) bond motifs is 1. The highest BCUT2D eigenvalue weighted by Crippen LogP contribution is 2.28. The van der Waals surface area contributed by atoms with Crippen LogP contribution in [-0.2, 0) is 0 Å². The van der Waals surface area contributed by atoms with Gasteiger partial charge in [0.2, 0.25) is 5.89 Å². The number of oxazole rings is 1. The van der Waals surface area contributed by atoms with Gasteiger partial charge in [0, 0.05) is 16.8 Å².